The maximum atomic E-state index is 11.6. The molecule has 1 amide bonds. The van der Waals surface area contributed by atoms with Gasteiger partial charge in [0.15, 0.2) is 0 Å². The van der Waals surface area contributed by atoms with Gasteiger partial charge in [0, 0.05) is 0 Å². The molecule has 0 radical (unpaired) electrons. The number of amides is 1. The van der Waals surface area contributed by atoms with Crippen molar-refractivity contribution in [1.29, 1.82) is 0 Å². The third-order valence-electron chi connectivity index (χ3n) is 3.45. The minimum absolute atomic E-state index is 0.0638. The van der Waals surface area contributed by atoms with Gasteiger partial charge in [0.1, 0.15) is 12.1 Å². The molecule has 1 saturated carbocycles. The summed E-state index contributed by atoms with van der Waals surface area (Å²) in [5.74, 6) is -0.957. The number of carboxylic acids is 1. The van der Waals surface area contributed by atoms with Crippen molar-refractivity contribution in [3.8, 4) is 0 Å². The highest BCUT2D eigenvalue weighted by molar-refractivity contribution is 5.86. The fourth-order valence-electron chi connectivity index (χ4n) is 2.15. The van der Waals surface area contributed by atoms with Gasteiger partial charge in [-0.15, -0.1) is 0 Å². The fraction of sp³-hybridized carbons (Fsp3) is 0.846. The molecule has 5 nitrogen and oxygen atoms in total. The summed E-state index contributed by atoms with van der Waals surface area (Å²) >= 11 is 0. The van der Waals surface area contributed by atoms with E-state index in [1.54, 1.807) is 0 Å². The van der Waals surface area contributed by atoms with Crippen LogP contribution in [-0.4, -0.2) is 35.2 Å². The van der Waals surface area contributed by atoms with E-state index in [0.29, 0.717) is 5.92 Å². The first kappa shape index (κ1) is 15.0. The Labute approximate surface area is 108 Å². The number of ether oxygens (including phenoxy) is 1. The number of nitrogens with one attached hydrogen (secondary N) is 1. The summed E-state index contributed by atoms with van der Waals surface area (Å²) in [4.78, 5) is 22.5. The van der Waals surface area contributed by atoms with Gasteiger partial charge in [0.2, 0.25) is 5.91 Å². The standard InChI is InChI=1S/C13H23NO4/c1-9-6-4-5-7-10(9)18-8-11(15)14-13(2,3)12(16)17/h9-10H,4-8H2,1-3H3,(H,14,15)(H,16,17). The number of aliphatic carboxylic acids is 1. The molecule has 0 spiro atoms. The highest BCUT2D eigenvalue weighted by Gasteiger charge is 2.29. The summed E-state index contributed by atoms with van der Waals surface area (Å²) in [6.45, 7) is 4.97. The lowest BCUT2D eigenvalue weighted by molar-refractivity contribution is -0.147. The molecule has 1 aliphatic rings. The van der Waals surface area contributed by atoms with Gasteiger partial charge >= 0.3 is 5.97 Å². The summed E-state index contributed by atoms with van der Waals surface area (Å²) in [5.41, 5.74) is -1.25. The molecule has 1 fully saturated rings. The van der Waals surface area contributed by atoms with Gasteiger partial charge < -0.3 is 15.2 Å². The Balaban J connectivity index is 2.35. The molecule has 1 rings (SSSR count). The maximum Gasteiger partial charge on any atom is 0.328 e. The first-order valence-corrected chi connectivity index (χ1v) is 6.49. The van der Waals surface area contributed by atoms with E-state index in [-0.39, 0.29) is 18.6 Å². The predicted molar refractivity (Wildman–Crippen MR) is 67.2 cm³/mol. The molecule has 0 bridgehead atoms. The molecular formula is C13H23NO4. The Hall–Kier alpha value is -1.10. The van der Waals surface area contributed by atoms with Crippen LogP contribution in [0, 0.1) is 5.92 Å². The normalized spacial score (nSPS) is 24.6. The van der Waals surface area contributed by atoms with Crippen molar-refractivity contribution in [2.24, 2.45) is 5.92 Å². The van der Waals surface area contributed by atoms with Gasteiger partial charge in [-0.2, -0.15) is 0 Å². The van der Waals surface area contributed by atoms with Crippen molar-refractivity contribution < 1.29 is 19.4 Å². The number of carbonyl (C=O) groups excluding carboxylic acids is 1. The topological polar surface area (TPSA) is 75.6 Å². The molecule has 18 heavy (non-hydrogen) atoms. The summed E-state index contributed by atoms with van der Waals surface area (Å²) < 4.78 is 5.58. The molecule has 0 heterocycles. The van der Waals surface area contributed by atoms with Gasteiger partial charge in [0.05, 0.1) is 6.10 Å². The van der Waals surface area contributed by atoms with E-state index in [0.717, 1.165) is 19.3 Å². The Morgan fingerprint density at radius 2 is 1.94 bits per heavy atom. The predicted octanol–water partition coefficient (Wildman–Crippen LogP) is 1.56. The first-order valence-electron chi connectivity index (χ1n) is 6.49. The van der Waals surface area contributed by atoms with E-state index in [4.69, 9.17) is 9.84 Å². The molecule has 5 heteroatoms. The SMILES string of the molecule is CC1CCCCC1OCC(=O)NC(C)(C)C(=O)O. The molecule has 0 aromatic carbocycles. The lowest BCUT2D eigenvalue weighted by Gasteiger charge is -2.29. The second-order valence-electron chi connectivity index (χ2n) is 5.59. The maximum absolute atomic E-state index is 11.6. The van der Waals surface area contributed by atoms with Crippen LogP contribution in [0.5, 0.6) is 0 Å². The molecular weight excluding hydrogens is 234 g/mol. The average molecular weight is 257 g/mol. The smallest absolute Gasteiger partial charge is 0.328 e. The van der Waals surface area contributed by atoms with Crippen LogP contribution in [0.4, 0.5) is 0 Å². The van der Waals surface area contributed by atoms with Crippen LogP contribution in [0.2, 0.25) is 0 Å². The molecule has 2 atom stereocenters. The molecule has 0 saturated heterocycles. The minimum Gasteiger partial charge on any atom is -0.480 e. The summed E-state index contributed by atoms with van der Waals surface area (Å²) in [6.07, 6.45) is 4.60. The van der Waals surface area contributed by atoms with E-state index in [9.17, 15) is 9.59 Å². The van der Waals surface area contributed by atoms with Crippen molar-refractivity contribution >= 4 is 11.9 Å². The Kier molecular flexibility index (Phi) is 5.14. The molecule has 0 aromatic heterocycles. The molecule has 1 aliphatic carbocycles. The van der Waals surface area contributed by atoms with Gasteiger partial charge in [-0.25, -0.2) is 4.79 Å². The van der Waals surface area contributed by atoms with Crippen LogP contribution in [0.25, 0.3) is 0 Å². The lowest BCUT2D eigenvalue weighted by Crippen LogP contribution is -2.51. The van der Waals surface area contributed by atoms with Crippen LogP contribution in [0.3, 0.4) is 0 Å². The summed E-state index contributed by atoms with van der Waals surface area (Å²) in [7, 11) is 0. The van der Waals surface area contributed by atoms with Crippen molar-refractivity contribution in [3.05, 3.63) is 0 Å². The molecule has 2 unspecified atom stereocenters. The van der Waals surface area contributed by atoms with Gasteiger partial charge in [-0.3, -0.25) is 4.79 Å². The zero-order chi connectivity index (χ0) is 13.8. The van der Waals surface area contributed by atoms with Crippen molar-refractivity contribution in [1.82, 2.24) is 5.32 Å². The summed E-state index contributed by atoms with van der Waals surface area (Å²) in [6, 6.07) is 0. The summed E-state index contributed by atoms with van der Waals surface area (Å²) in [5, 5.41) is 11.3. The van der Waals surface area contributed by atoms with Crippen molar-refractivity contribution in [3.63, 3.8) is 0 Å². The monoisotopic (exact) mass is 257 g/mol. The van der Waals surface area contributed by atoms with Crippen LogP contribution in [0.1, 0.15) is 46.5 Å². The minimum atomic E-state index is -1.25. The van der Waals surface area contributed by atoms with E-state index in [1.165, 1.54) is 20.3 Å². The Morgan fingerprint density at radius 3 is 2.50 bits per heavy atom. The fourth-order valence-corrected chi connectivity index (χ4v) is 2.15. The third kappa shape index (κ3) is 4.29. The quantitative estimate of drug-likeness (QED) is 0.783. The van der Waals surface area contributed by atoms with Crippen molar-refractivity contribution in [2.75, 3.05) is 6.61 Å². The zero-order valence-electron chi connectivity index (χ0n) is 11.4. The van der Waals surface area contributed by atoms with Crippen LogP contribution < -0.4 is 5.32 Å². The van der Waals surface area contributed by atoms with Crippen LogP contribution >= 0.6 is 0 Å². The molecule has 104 valence electrons. The van der Waals surface area contributed by atoms with Crippen LogP contribution in [0.15, 0.2) is 0 Å². The van der Waals surface area contributed by atoms with Gasteiger partial charge in [-0.1, -0.05) is 19.8 Å². The average Bonchev–Trinajstić information content (AvgIpc) is 2.27. The highest BCUT2D eigenvalue weighted by Crippen LogP contribution is 2.26. The van der Waals surface area contributed by atoms with E-state index < -0.39 is 11.5 Å². The van der Waals surface area contributed by atoms with E-state index >= 15 is 0 Å². The van der Waals surface area contributed by atoms with Crippen molar-refractivity contribution in [2.45, 2.75) is 58.1 Å². The lowest BCUT2D eigenvalue weighted by atomic mass is 9.88. The largest absolute Gasteiger partial charge is 0.480 e. The first-order chi connectivity index (χ1) is 8.33. The highest BCUT2D eigenvalue weighted by atomic mass is 16.5. The van der Waals surface area contributed by atoms with E-state index in [2.05, 4.69) is 12.2 Å². The molecule has 0 aromatic rings. The third-order valence-corrected chi connectivity index (χ3v) is 3.45. The van der Waals surface area contributed by atoms with Gasteiger partial charge in [-0.05, 0) is 32.6 Å². The number of carbonyl (C=O) groups is 2. The second-order valence-corrected chi connectivity index (χ2v) is 5.59. The second kappa shape index (κ2) is 6.18. The van der Waals surface area contributed by atoms with Crippen LogP contribution in [-0.2, 0) is 14.3 Å². The number of hydrogen-bond acceptors (Lipinski definition) is 3. The number of hydrogen-bond donors (Lipinski definition) is 2. The number of carboxylic acid groups (broad SMARTS) is 1. The van der Waals surface area contributed by atoms with E-state index in [1.807, 2.05) is 0 Å². The van der Waals surface area contributed by atoms with Gasteiger partial charge in [0.25, 0.3) is 0 Å². The molecule has 0 aliphatic heterocycles. The Bertz CT molecular complexity index is 314. The number of rotatable bonds is 5. The zero-order valence-corrected chi connectivity index (χ0v) is 11.4. The Morgan fingerprint density at radius 1 is 1.33 bits per heavy atom. The molecule has 2 N–H and O–H groups in total.